The summed E-state index contributed by atoms with van der Waals surface area (Å²) in [5.41, 5.74) is 1.60. The quantitative estimate of drug-likeness (QED) is 0.737. The largest absolute Gasteiger partial charge is 0.355 e. The Bertz CT molecular complexity index is 949. The molecule has 1 amide bonds. The van der Waals surface area contributed by atoms with E-state index in [0.29, 0.717) is 12.2 Å². The molecule has 0 unspecified atom stereocenters. The molecule has 0 radical (unpaired) electrons. The van der Waals surface area contributed by atoms with Crippen LogP contribution in [0.25, 0.3) is 10.8 Å². The van der Waals surface area contributed by atoms with E-state index in [4.69, 9.17) is 0 Å². The highest BCUT2D eigenvalue weighted by Gasteiger charge is 2.22. The summed E-state index contributed by atoms with van der Waals surface area (Å²) in [6.07, 6.45) is 3.12. The second kappa shape index (κ2) is 8.38. The zero-order valence-electron chi connectivity index (χ0n) is 16.3. The molecule has 2 aromatic carbocycles. The zero-order chi connectivity index (χ0) is 19.3. The molecule has 144 valence electrons. The van der Waals surface area contributed by atoms with Gasteiger partial charge in [-0.25, -0.2) is 0 Å². The van der Waals surface area contributed by atoms with Gasteiger partial charge in [0.1, 0.15) is 0 Å². The van der Waals surface area contributed by atoms with Crippen LogP contribution < -0.4 is 10.2 Å². The fourth-order valence-electron chi connectivity index (χ4n) is 3.76. The van der Waals surface area contributed by atoms with Crippen LogP contribution in [0.3, 0.4) is 0 Å². The average molecular weight is 374 g/mol. The Morgan fingerprint density at radius 2 is 1.68 bits per heavy atom. The Balaban J connectivity index is 1.53. The minimum atomic E-state index is -0.168. The highest BCUT2D eigenvalue weighted by molar-refractivity contribution is 6.07. The maximum Gasteiger partial charge on any atom is 0.272 e. The molecule has 0 bridgehead atoms. The minimum absolute atomic E-state index is 0.168. The molecule has 2 heterocycles. The first-order valence-corrected chi connectivity index (χ1v) is 10.0. The Morgan fingerprint density at radius 1 is 1.00 bits per heavy atom. The molecule has 1 aromatic heterocycles. The summed E-state index contributed by atoms with van der Waals surface area (Å²) in [6, 6.07) is 18.1. The van der Waals surface area contributed by atoms with Crippen LogP contribution >= 0.6 is 0 Å². The fourth-order valence-corrected chi connectivity index (χ4v) is 3.76. The number of piperidine rings is 1. The molecular weight excluding hydrogens is 348 g/mol. The number of carbonyl (C=O) groups excluding carboxylic acids is 1. The Labute approximate surface area is 165 Å². The average Bonchev–Trinajstić information content (AvgIpc) is 2.74. The van der Waals surface area contributed by atoms with Gasteiger partial charge >= 0.3 is 0 Å². The smallest absolute Gasteiger partial charge is 0.272 e. The molecule has 0 atom stereocenters. The lowest BCUT2D eigenvalue weighted by atomic mass is 9.99. The van der Waals surface area contributed by atoms with Crippen molar-refractivity contribution in [2.24, 2.45) is 5.92 Å². The van der Waals surface area contributed by atoms with Crippen molar-refractivity contribution in [2.45, 2.75) is 26.2 Å². The molecule has 0 aliphatic carbocycles. The number of fused-ring (bicyclic) bond motifs is 1. The van der Waals surface area contributed by atoms with Crippen molar-refractivity contribution < 1.29 is 4.79 Å². The fraction of sp³-hybridized carbons (Fsp3) is 0.348. The van der Waals surface area contributed by atoms with E-state index in [0.717, 1.165) is 54.9 Å². The van der Waals surface area contributed by atoms with Crippen molar-refractivity contribution in [3.8, 4) is 0 Å². The lowest BCUT2D eigenvalue weighted by Gasteiger charge is -2.31. The number of hydrogen-bond donors (Lipinski definition) is 1. The van der Waals surface area contributed by atoms with Gasteiger partial charge in [-0.2, -0.15) is 0 Å². The Hall–Kier alpha value is -2.95. The van der Waals surface area contributed by atoms with Gasteiger partial charge in [-0.15, -0.1) is 10.2 Å². The number of hydrogen-bond acceptors (Lipinski definition) is 4. The third kappa shape index (κ3) is 3.98. The summed E-state index contributed by atoms with van der Waals surface area (Å²) in [5.74, 6) is 1.48. The molecule has 3 aromatic rings. The molecule has 1 N–H and O–H groups in total. The first-order chi connectivity index (χ1) is 13.7. The highest BCUT2D eigenvalue weighted by Crippen LogP contribution is 2.29. The van der Waals surface area contributed by atoms with E-state index in [1.165, 1.54) is 5.56 Å². The summed E-state index contributed by atoms with van der Waals surface area (Å²) in [7, 11) is 0. The van der Waals surface area contributed by atoms with Gasteiger partial charge in [-0.1, -0.05) is 61.5 Å². The second-order valence-corrected chi connectivity index (χ2v) is 7.58. The lowest BCUT2D eigenvalue weighted by molar-refractivity contribution is 0.0950. The van der Waals surface area contributed by atoms with Gasteiger partial charge in [-0.05, 0) is 30.7 Å². The maximum absolute atomic E-state index is 12.8. The molecule has 5 nitrogen and oxygen atoms in total. The first kappa shape index (κ1) is 18.4. The van der Waals surface area contributed by atoms with E-state index >= 15 is 0 Å². The van der Waals surface area contributed by atoms with Gasteiger partial charge < -0.3 is 10.2 Å². The topological polar surface area (TPSA) is 58.1 Å². The summed E-state index contributed by atoms with van der Waals surface area (Å²) in [4.78, 5) is 15.1. The summed E-state index contributed by atoms with van der Waals surface area (Å²) < 4.78 is 0. The van der Waals surface area contributed by atoms with Crippen LogP contribution in [0.5, 0.6) is 0 Å². The number of carbonyl (C=O) groups is 1. The van der Waals surface area contributed by atoms with Crippen molar-refractivity contribution in [3.63, 3.8) is 0 Å². The van der Waals surface area contributed by atoms with E-state index in [2.05, 4.69) is 39.5 Å². The molecule has 28 heavy (non-hydrogen) atoms. The van der Waals surface area contributed by atoms with Crippen LogP contribution in [0.2, 0.25) is 0 Å². The second-order valence-electron chi connectivity index (χ2n) is 7.58. The van der Waals surface area contributed by atoms with Gasteiger partial charge in [0.2, 0.25) is 0 Å². The summed E-state index contributed by atoms with van der Waals surface area (Å²) in [6.45, 7) is 4.85. The van der Waals surface area contributed by atoms with E-state index < -0.39 is 0 Å². The number of amides is 1. The molecule has 0 saturated carbocycles. The van der Waals surface area contributed by atoms with E-state index in [9.17, 15) is 4.79 Å². The van der Waals surface area contributed by atoms with Crippen LogP contribution in [0, 0.1) is 5.92 Å². The number of anilines is 1. The van der Waals surface area contributed by atoms with Crippen LogP contribution in [0.4, 0.5) is 5.82 Å². The third-order valence-electron chi connectivity index (χ3n) is 5.51. The predicted octanol–water partition coefficient (Wildman–Crippen LogP) is 3.84. The molecule has 1 saturated heterocycles. The lowest BCUT2D eigenvalue weighted by Crippen LogP contribution is -2.34. The van der Waals surface area contributed by atoms with Gasteiger partial charge in [0.05, 0.1) is 0 Å². The number of nitrogens with one attached hydrogen (secondary N) is 1. The number of nitrogens with zero attached hydrogens (tertiary/aromatic N) is 3. The molecule has 4 rings (SSSR count). The van der Waals surface area contributed by atoms with Gasteiger partial charge in [-0.3, -0.25) is 4.79 Å². The molecular formula is C23H26N4O. The molecule has 1 aliphatic heterocycles. The van der Waals surface area contributed by atoms with Crippen LogP contribution in [0.1, 0.15) is 35.8 Å². The summed E-state index contributed by atoms with van der Waals surface area (Å²) >= 11 is 0. The highest BCUT2D eigenvalue weighted by atomic mass is 16.1. The molecule has 1 aliphatic rings. The molecule has 0 spiro atoms. The number of benzene rings is 2. The van der Waals surface area contributed by atoms with Crippen molar-refractivity contribution in [3.05, 3.63) is 65.9 Å². The van der Waals surface area contributed by atoms with E-state index in [1.807, 2.05) is 42.5 Å². The van der Waals surface area contributed by atoms with Crippen molar-refractivity contribution in [1.29, 1.82) is 0 Å². The van der Waals surface area contributed by atoms with Crippen molar-refractivity contribution in [2.75, 3.05) is 24.5 Å². The van der Waals surface area contributed by atoms with Gasteiger partial charge in [0, 0.05) is 30.4 Å². The van der Waals surface area contributed by atoms with Gasteiger partial charge in [0.15, 0.2) is 11.5 Å². The predicted molar refractivity (Wildman–Crippen MR) is 113 cm³/mol. The number of rotatable bonds is 5. The monoisotopic (exact) mass is 374 g/mol. The third-order valence-corrected chi connectivity index (χ3v) is 5.51. The zero-order valence-corrected chi connectivity index (χ0v) is 16.3. The Morgan fingerprint density at radius 3 is 2.43 bits per heavy atom. The van der Waals surface area contributed by atoms with Crippen LogP contribution in [0.15, 0.2) is 54.6 Å². The van der Waals surface area contributed by atoms with Crippen molar-refractivity contribution in [1.82, 2.24) is 15.5 Å². The van der Waals surface area contributed by atoms with Crippen LogP contribution in [-0.4, -0.2) is 35.7 Å². The van der Waals surface area contributed by atoms with E-state index in [1.54, 1.807) is 0 Å². The maximum atomic E-state index is 12.8. The minimum Gasteiger partial charge on any atom is -0.355 e. The van der Waals surface area contributed by atoms with E-state index in [-0.39, 0.29) is 5.91 Å². The Kier molecular flexibility index (Phi) is 5.51. The molecule has 1 fully saturated rings. The summed E-state index contributed by atoms with van der Waals surface area (Å²) in [5, 5.41) is 13.6. The van der Waals surface area contributed by atoms with Gasteiger partial charge in [0.25, 0.3) is 5.91 Å². The molecule has 5 heteroatoms. The number of aromatic nitrogens is 2. The van der Waals surface area contributed by atoms with Crippen molar-refractivity contribution >= 4 is 22.5 Å². The van der Waals surface area contributed by atoms with Crippen LogP contribution in [-0.2, 0) is 6.42 Å². The normalized spacial score (nSPS) is 15.0. The standard InChI is InChI=1S/C23H26N4O/c1-17-12-15-27(16-13-17)22-20-10-6-5-9-19(20)21(25-26-22)23(28)24-14-11-18-7-3-2-4-8-18/h2-10,17H,11-16H2,1H3,(H,24,28). The SMILES string of the molecule is CC1CCN(c2nnc(C(=O)NCCc3ccccc3)c3ccccc23)CC1. The first-order valence-electron chi connectivity index (χ1n) is 10.0.